The monoisotopic (exact) mass is 488 g/mol. The first-order valence-electron chi connectivity index (χ1n) is 11.9. The lowest BCUT2D eigenvalue weighted by Gasteiger charge is -2.31. The number of benzene rings is 4. The molecule has 2 atom stereocenters. The van der Waals surface area contributed by atoms with Crippen LogP contribution in [0.1, 0.15) is 31.2 Å². The number of rotatable bonds is 6. The van der Waals surface area contributed by atoms with Crippen LogP contribution in [0.25, 0.3) is 21.5 Å². The van der Waals surface area contributed by atoms with Crippen LogP contribution in [0, 0.1) is 0 Å². The van der Waals surface area contributed by atoms with Gasteiger partial charge in [0, 0.05) is 0 Å². The van der Waals surface area contributed by atoms with Crippen molar-refractivity contribution >= 4 is 37.4 Å². The highest BCUT2D eigenvalue weighted by molar-refractivity contribution is 7.92. The van der Waals surface area contributed by atoms with Crippen molar-refractivity contribution in [2.24, 2.45) is 0 Å². The van der Waals surface area contributed by atoms with E-state index in [1.165, 1.54) is 0 Å². The number of methoxy groups -OCH3 is 1. The fraction of sp³-hybridized carbons (Fsp3) is 0.276. The standard InChI is InChI=1S/C29H28O5S/c1-33-25-14-12-23-16-20(10-11-24(23)18-25)17-29(30)34-27-8-4-5-9-28(27)35(31,32)26-15-13-21-6-2-3-7-22(21)19-26/h2-3,6-7,10-16,18-19,27-28H,4-5,8-9,17H2,1H3/t27-,28-/m0/s1. The van der Waals surface area contributed by atoms with Crippen LogP contribution in [-0.4, -0.2) is 32.9 Å². The summed E-state index contributed by atoms with van der Waals surface area (Å²) in [5, 5.41) is 3.17. The first-order valence-corrected chi connectivity index (χ1v) is 13.5. The third-order valence-electron chi connectivity index (χ3n) is 6.83. The van der Waals surface area contributed by atoms with E-state index < -0.39 is 27.2 Å². The second-order valence-corrected chi connectivity index (χ2v) is 11.3. The quantitative estimate of drug-likeness (QED) is 0.317. The Labute approximate surface area is 205 Å². The summed E-state index contributed by atoms with van der Waals surface area (Å²) in [5.74, 6) is 0.379. The topological polar surface area (TPSA) is 69.7 Å². The van der Waals surface area contributed by atoms with E-state index in [0.717, 1.165) is 45.7 Å². The average Bonchev–Trinajstić information content (AvgIpc) is 2.88. The molecule has 0 saturated heterocycles. The molecular weight excluding hydrogens is 460 g/mol. The highest BCUT2D eigenvalue weighted by Gasteiger charge is 2.39. The van der Waals surface area contributed by atoms with Crippen LogP contribution >= 0.6 is 0 Å². The molecule has 1 aliphatic carbocycles. The highest BCUT2D eigenvalue weighted by Crippen LogP contribution is 2.32. The molecule has 35 heavy (non-hydrogen) atoms. The molecule has 0 N–H and O–H groups in total. The van der Waals surface area contributed by atoms with Gasteiger partial charge in [0.25, 0.3) is 0 Å². The maximum absolute atomic E-state index is 13.6. The SMILES string of the molecule is COc1ccc2cc(CC(=O)O[C@H]3CCCC[C@@H]3S(=O)(=O)c3ccc4ccccc4c3)ccc2c1. The third-order valence-corrected chi connectivity index (χ3v) is 9.08. The summed E-state index contributed by atoms with van der Waals surface area (Å²) in [6.45, 7) is 0. The van der Waals surface area contributed by atoms with Crippen LogP contribution in [0.5, 0.6) is 5.75 Å². The summed E-state index contributed by atoms with van der Waals surface area (Å²) in [4.78, 5) is 13.2. The number of esters is 1. The first kappa shape index (κ1) is 23.4. The van der Waals surface area contributed by atoms with E-state index in [4.69, 9.17) is 9.47 Å². The predicted molar refractivity (Wildman–Crippen MR) is 137 cm³/mol. The van der Waals surface area contributed by atoms with Crippen LogP contribution in [0.15, 0.2) is 83.8 Å². The molecule has 0 spiro atoms. The van der Waals surface area contributed by atoms with Gasteiger partial charge in [0.2, 0.25) is 0 Å². The first-order chi connectivity index (χ1) is 16.9. The molecule has 5 nitrogen and oxygen atoms in total. The number of carbonyl (C=O) groups is 1. The van der Waals surface area contributed by atoms with Gasteiger partial charge in [-0.25, -0.2) is 8.42 Å². The van der Waals surface area contributed by atoms with Crippen molar-refractivity contribution in [3.05, 3.63) is 84.4 Å². The molecule has 1 aliphatic rings. The normalized spacial score (nSPS) is 18.4. The Balaban J connectivity index is 1.33. The maximum Gasteiger partial charge on any atom is 0.310 e. The van der Waals surface area contributed by atoms with E-state index in [-0.39, 0.29) is 11.3 Å². The van der Waals surface area contributed by atoms with Crippen LogP contribution in [0.2, 0.25) is 0 Å². The van der Waals surface area contributed by atoms with E-state index in [2.05, 4.69) is 0 Å². The predicted octanol–water partition coefficient (Wildman–Crippen LogP) is 5.87. The van der Waals surface area contributed by atoms with Gasteiger partial charge in [-0.15, -0.1) is 0 Å². The molecule has 6 heteroatoms. The number of fused-ring (bicyclic) bond motifs is 2. The summed E-state index contributed by atoms with van der Waals surface area (Å²) >= 11 is 0. The lowest BCUT2D eigenvalue weighted by Crippen LogP contribution is -2.40. The van der Waals surface area contributed by atoms with Gasteiger partial charge in [-0.2, -0.15) is 0 Å². The van der Waals surface area contributed by atoms with Gasteiger partial charge in [-0.1, -0.05) is 61.0 Å². The zero-order chi connectivity index (χ0) is 24.4. The van der Waals surface area contributed by atoms with Gasteiger partial charge in [0.1, 0.15) is 17.1 Å². The second-order valence-electron chi connectivity index (χ2n) is 9.13. The molecule has 0 amide bonds. The molecule has 0 heterocycles. The summed E-state index contributed by atoms with van der Waals surface area (Å²) in [6, 6.07) is 24.5. The van der Waals surface area contributed by atoms with E-state index in [9.17, 15) is 13.2 Å². The fourth-order valence-electron chi connectivity index (χ4n) is 4.96. The number of hydrogen-bond acceptors (Lipinski definition) is 5. The molecule has 0 aromatic heterocycles. The molecule has 1 fully saturated rings. The van der Waals surface area contributed by atoms with Gasteiger partial charge >= 0.3 is 5.97 Å². The van der Waals surface area contributed by atoms with E-state index in [1.54, 1.807) is 19.2 Å². The lowest BCUT2D eigenvalue weighted by atomic mass is 9.97. The second kappa shape index (κ2) is 9.70. The Morgan fingerprint density at radius 2 is 1.51 bits per heavy atom. The van der Waals surface area contributed by atoms with Crippen molar-refractivity contribution in [3.8, 4) is 5.75 Å². The molecule has 5 rings (SSSR count). The Morgan fingerprint density at radius 3 is 2.34 bits per heavy atom. The van der Waals surface area contributed by atoms with Crippen LogP contribution in [0.4, 0.5) is 0 Å². The lowest BCUT2D eigenvalue weighted by molar-refractivity contribution is -0.149. The summed E-state index contributed by atoms with van der Waals surface area (Å²) in [5.41, 5.74) is 0.831. The zero-order valence-corrected chi connectivity index (χ0v) is 20.5. The Bertz CT molecular complexity index is 1490. The van der Waals surface area contributed by atoms with E-state index in [1.807, 2.05) is 66.7 Å². The van der Waals surface area contributed by atoms with Gasteiger partial charge in [-0.05, 0) is 70.6 Å². The minimum absolute atomic E-state index is 0.0984. The minimum Gasteiger partial charge on any atom is -0.497 e. The highest BCUT2D eigenvalue weighted by atomic mass is 32.2. The average molecular weight is 489 g/mol. The molecule has 180 valence electrons. The fourth-order valence-corrected chi connectivity index (χ4v) is 6.93. The van der Waals surface area contributed by atoms with E-state index in [0.29, 0.717) is 12.8 Å². The summed E-state index contributed by atoms with van der Waals surface area (Å²) in [7, 11) is -2.02. The molecule has 0 unspecified atom stereocenters. The number of hydrogen-bond donors (Lipinski definition) is 0. The minimum atomic E-state index is -3.65. The Kier molecular flexibility index (Phi) is 6.48. The van der Waals surface area contributed by atoms with Crippen LogP contribution in [0.3, 0.4) is 0 Å². The molecular formula is C29H28O5S. The number of ether oxygens (including phenoxy) is 2. The number of carbonyl (C=O) groups excluding carboxylic acids is 1. The van der Waals surface area contributed by atoms with E-state index >= 15 is 0 Å². The van der Waals surface area contributed by atoms with Crippen molar-refractivity contribution in [1.29, 1.82) is 0 Å². The molecule has 0 radical (unpaired) electrons. The van der Waals surface area contributed by atoms with Gasteiger partial charge in [0.15, 0.2) is 9.84 Å². The van der Waals surface area contributed by atoms with Crippen molar-refractivity contribution in [1.82, 2.24) is 0 Å². The zero-order valence-electron chi connectivity index (χ0n) is 19.6. The smallest absolute Gasteiger partial charge is 0.310 e. The van der Waals surface area contributed by atoms with Gasteiger partial charge < -0.3 is 9.47 Å². The largest absolute Gasteiger partial charge is 0.497 e. The van der Waals surface area contributed by atoms with Crippen molar-refractivity contribution in [2.45, 2.75) is 48.4 Å². The van der Waals surface area contributed by atoms with Crippen molar-refractivity contribution in [3.63, 3.8) is 0 Å². The third kappa shape index (κ3) is 4.89. The molecule has 1 saturated carbocycles. The Morgan fingerprint density at radius 1 is 0.829 bits per heavy atom. The molecule has 4 aromatic carbocycles. The summed E-state index contributed by atoms with van der Waals surface area (Å²) in [6.07, 6.45) is 2.16. The van der Waals surface area contributed by atoms with Crippen LogP contribution in [-0.2, 0) is 25.8 Å². The Hall–Kier alpha value is -3.38. The maximum atomic E-state index is 13.6. The molecule has 0 aliphatic heterocycles. The van der Waals surface area contributed by atoms with Gasteiger partial charge in [-0.3, -0.25) is 4.79 Å². The number of sulfone groups is 1. The van der Waals surface area contributed by atoms with Crippen LogP contribution < -0.4 is 4.74 Å². The van der Waals surface area contributed by atoms with Crippen molar-refractivity contribution < 1.29 is 22.7 Å². The van der Waals surface area contributed by atoms with Gasteiger partial charge in [0.05, 0.1) is 18.4 Å². The molecule has 4 aromatic rings. The summed E-state index contributed by atoms with van der Waals surface area (Å²) < 4.78 is 38.2. The van der Waals surface area contributed by atoms with Crippen molar-refractivity contribution in [2.75, 3.05) is 7.11 Å². The molecule has 0 bridgehead atoms.